The predicted octanol–water partition coefficient (Wildman–Crippen LogP) is 1.92. The van der Waals surface area contributed by atoms with Gasteiger partial charge in [0.05, 0.1) is 0 Å². The lowest BCUT2D eigenvalue weighted by Crippen LogP contribution is -2.44. The molecule has 2 N–H and O–H groups in total. The molecule has 0 radical (unpaired) electrons. The normalized spacial score (nSPS) is 15.8. The van der Waals surface area contributed by atoms with Gasteiger partial charge in [0.25, 0.3) is 0 Å². The fourth-order valence-electron chi connectivity index (χ4n) is 2.53. The number of nitrogens with zero attached hydrogens (tertiary/aromatic N) is 4. The number of rotatable bonds is 6. The fraction of sp³-hybridized carbons (Fsp3) is 0.647. The summed E-state index contributed by atoms with van der Waals surface area (Å²) in [5, 5.41) is 6.64. The van der Waals surface area contributed by atoms with Crippen LogP contribution in [0.2, 0.25) is 0 Å². The van der Waals surface area contributed by atoms with Gasteiger partial charge in [0.1, 0.15) is 5.82 Å². The van der Waals surface area contributed by atoms with Crippen LogP contribution in [-0.2, 0) is 6.54 Å². The summed E-state index contributed by atoms with van der Waals surface area (Å²) >= 11 is 0. The van der Waals surface area contributed by atoms with Gasteiger partial charge < -0.3 is 20.4 Å². The molecule has 2 rings (SSSR count). The maximum absolute atomic E-state index is 4.61. The molecule has 0 atom stereocenters. The number of likely N-dealkylation sites (N-methyl/N-ethyl adjacent to an activating group) is 1. The summed E-state index contributed by atoms with van der Waals surface area (Å²) in [7, 11) is 3.97. The lowest BCUT2D eigenvalue weighted by Gasteiger charge is -2.33. The van der Waals surface area contributed by atoms with Crippen LogP contribution in [0.4, 0.5) is 5.82 Å². The predicted molar refractivity (Wildman–Crippen MR) is 112 cm³/mol. The fourth-order valence-corrected chi connectivity index (χ4v) is 2.53. The lowest BCUT2D eigenvalue weighted by atomic mass is 10.2. The van der Waals surface area contributed by atoms with E-state index in [4.69, 9.17) is 0 Å². The molecule has 0 amide bonds. The second kappa shape index (κ2) is 11.5. The highest BCUT2D eigenvalue weighted by Crippen LogP contribution is 2.13. The molecule has 7 heteroatoms. The van der Waals surface area contributed by atoms with Gasteiger partial charge in [-0.15, -0.1) is 24.0 Å². The molecule has 1 aromatic rings. The van der Waals surface area contributed by atoms with Crippen LogP contribution in [-0.4, -0.2) is 62.7 Å². The molecule has 2 heterocycles. The van der Waals surface area contributed by atoms with E-state index >= 15 is 0 Å². The van der Waals surface area contributed by atoms with E-state index in [1.54, 1.807) is 7.05 Å². The summed E-state index contributed by atoms with van der Waals surface area (Å²) in [5.74, 6) is 1.92. The Morgan fingerprint density at radius 3 is 2.54 bits per heavy atom. The lowest BCUT2D eigenvalue weighted by molar-refractivity contribution is 0.312. The molecular weight excluding hydrogens is 415 g/mol. The maximum atomic E-state index is 4.61. The molecule has 1 aliphatic rings. The number of anilines is 1. The van der Waals surface area contributed by atoms with Crippen molar-refractivity contribution in [2.24, 2.45) is 4.99 Å². The quantitative estimate of drug-likeness (QED) is 0.303. The molecule has 1 saturated heterocycles. The van der Waals surface area contributed by atoms with Crippen molar-refractivity contribution in [2.75, 3.05) is 51.7 Å². The summed E-state index contributed by atoms with van der Waals surface area (Å²) in [4.78, 5) is 13.6. The van der Waals surface area contributed by atoms with Gasteiger partial charge in [-0.2, -0.15) is 0 Å². The Bertz CT molecular complexity index is 482. The molecule has 136 valence electrons. The van der Waals surface area contributed by atoms with Crippen molar-refractivity contribution in [3.05, 3.63) is 23.9 Å². The Morgan fingerprint density at radius 2 is 1.96 bits per heavy atom. The van der Waals surface area contributed by atoms with Gasteiger partial charge in [-0.1, -0.05) is 19.4 Å². The van der Waals surface area contributed by atoms with Gasteiger partial charge in [0, 0.05) is 52.5 Å². The SMILES string of the molecule is CCCCNC(=NC)NCc1ccc(N2CCN(C)CC2)nc1.I. The number of hydrogen-bond donors (Lipinski definition) is 2. The van der Waals surface area contributed by atoms with Crippen molar-refractivity contribution in [1.29, 1.82) is 0 Å². The van der Waals surface area contributed by atoms with Crippen LogP contribution < -0.4 is 15.5 Å². The maximum Gasteiger partial charge on any atom is 0.191 e. The van der Waals surface area contributed by atoms with Crippen molar-refractivity contribution in [1.82, 2.24) is 20.5 Å². The third-order valence-electron chi connectivity index (χ3n) is 4.14. The summed E-state index contributed by atoms with van der Waals surface area (Å²) in [5.41, 5.74) is 1.17. The second-order valence-corrected chi connectivity index (χ2v) is 6.02. The number of aliphatic imine (C=N–C) groups is 1. The Hall–Kier alpha value is -1.09. The van der Waals surface area contributed by atoms with E-state index < -0.39 is 0 Å². The van der Waals surface area contributed by atoms with E-state index in [-0.39, 0.29) is 24.0 Å². The second-order valence-electron chi connectivity index (χ2n) is 6.02. The number of hydrogen-bond acceptors (Lipinski definition) is 4. The third kappa shape index (κ3) is 6.80. The van der Waals surface area contributed by atoms with Crippen molar-refractivity contribution >= 4 is 35.8 Å². The molecular formula is C17H31IN6. The highest BCUT2D eigenvalue weighted by atomic mass is 127. The molecule has 0 saturated carbocycles. The molecule has 24 heavy (non-hydrogen) atoms. The first-order valence-corrected chi connectivity index (χ1v) is 8.56. The zero-order valence-corrected chi connectivity index (χ0v) is 17.4. The molecule has 0 bridgehead atoms. The number of piperazine rings is 1. The van der Waals surface area contributed by atoms with Crippen LogP contribution in [0.1, 0.15) is 25.3 Å². The summed E-state index contributed by atoms with van der Waals surface area (Å²) in [6.45, 7) is 8.18. The Kier molecular flexibility index (Phi) is 10.0. The first-order valence-electron chi connectivity index (χ1n) is 8.56. The molecule has 1 fully saturated rings. The van der Waals surface area contributed by atoms with E-state index in [9.17, 15) is 0 Å². The van der Waals surface area contributed by atoms with Crippen LogP contribution >= 0.6 is 24.0 Å². The molecule has 0 aromatic carbocycles. The Balaban J connectivity index is 0.00000288. The van der Waals surface area contributed by atoms with Gasteiger partial charge in [0.2, 0.25) is 0 Å². The highest BCUT2D eigenvalue weighted by Gasteiger charge is 2.14. The van der Waals surface area contributed by atoms with Crippen molar-refractivity contribution < 1.29 is 0 Å². The first-order chi connectivity index (χ1) is 11.2. The summed E-state index contributed by atoms with van der Waals surface area (Å²) < 4.78 is 0. The molecule has 0 spiro atoms. The van der Waals surface area contributed by atoms with E-state index in [0.717, 1.165) is 57.5 Å². The molecule has 6 nitrogen and oxygen atoms in total. The number of aromatic nitrogens is 1. The standard InChI is InChI=1S/C17H30N6.HI/c1-4-5-8-19-17(18-2)21-14-15-6-7-16(20-13-15)23-11-9-22(3)10-12-23;/h6-7,13H,4-5,8-12,14H2,1-3H3,(H2,18,19,21);1H. The molecule has 1 aliphatic heterocycles. The van der Waals surface area contributed by atoms with Crippen LogP contribution in [0.3, 0.4) is 0 Å². The Morgan fingerprint density at radius 1 is 1.21 bits per heavy atom. The van der Waals surface area contributed by atoms with Gasteiger partial charge in [-0.25, -0.2) is 4.98 Å². The van der Waals surface area contributed by atoms with Crippen molar-refractivity contribution in [2.45, 2.75) is 26.3 Å². The minimum absolute atomic E-state index is 0. The van der Waals surface area contributed by atoms with E-state index in [0.29, 0.717) is 0 Å². The zero-order valence-electron chi connectivity index (χ0n) is 15.1. The van der Waals surface area contributed by atoms with Gasteiger partial charge >= 0.3 is 0 Å². The van der Waals surface area contributed by atoms with Crippen LogP contribution in [0, 0.1) is 0 Å². The van der Waals surface area contributed by atoms with Crippen molar-refractivity contribution in [3.8, 4) is 0 Å². The highest BCUT2D eigenvalue weighted by molar-refractivity contribution is 14.0. The monoisotopic (exact) mass is 446 g/mol. The number of guanidine groups is 1. The van der Waals surface area contributed by atoms with Gasteiger partial charge in [0.15, 0.2) is 5.96 Å². The molecule has 0 unspecified atom stereocenters. The zero-order chi connectivity index (χ0) is 16.5. The van der Waals surface area contributed by atoms with E-state index in [1.165, 1.54) is 12.0 Å². The number of nitrogens with one attached hydrogen (secondary N) is 2. The number of pyridine rings is 1. The van der Waals surface area contributed by atoms with Crippen LogP contribution in [0.15, 0.2) is 23.3 Å². The first kappa shape index (κ1) is 21.0. The third-order valence-corrected chi connectivity index (χ3v) is 4.14. The van der Waals surface area contributed by atoms with Gasteiger partial charge in [-0.05, 0) is 25.1 Å². The number of halogens is 1. The van der Waals surface area contributed by atoms with Crippen LogP contribution in [0.25, 0.3) is 0 Å². The topological polar surface area (TPSA) is 55.8 Å². The van der Waals surface area contributed by atoms with E-state index in [1.807, 2.05) is 6.20 Å². The molecule has 0 aliphatic carbocycles. The summed E-state index contributed by atoms with van der Waals surface area (Å²) in [6, 6.07) is 4.27. The smallest absolute Gasteiger partial charge is 0.191 e. The average molecular weight is 446 g/mol. The minimum Gasteiger partial charge on any atom is -0.356 e. The molecule has 1 aromatic heterocycles. The largest absolute Gasteiger partial charge is 0.356 e. The van der Waals surface area contributed by atoms with Crippen molar-refractivity contribution in [3.63, 3.8) is 0 Å². The van der Waals surface area contributed by atoms with Gasteiger partial charge in [-0.3, -0.25) is 4.99 Å². The average Bonchev–Trinajstić information content (AvgIpc) is 2.59. The Labute approximate surface area is 163 Å². The van der Waals surface area contributed by atoms with E-state index in [2.05, 4.69) is 56.5 Å². The van der Waals surface area contributed by atoms with Crippen LogP contribution in [0.5, 0.6) is 0 Å². The minimum atomic E-state index is 0. The summed E-state index contributed by atoms with van der Waals surface area (Å²) in [6.07, 6.45) is 4.30. The number of unbranched alkanes of at least 4 members (excludes halogenated alkanes) is 1.